The molecule has 0 heterocycles. The van der Waals surface area contributed by atoms with E-state index in [0.717, 1.165) is 25.7 Å². The first-order valence-electron chi connectivity index (χ1n) is 3.86. The molecule has 0 radical (unpaired) electrons. The molecule has 2 nitrogen and oxygen atoms in total. The number of nitrogens with one attached hydrogen (secondary N) is 1. The molecular weight excluding hydrogens is 146 g/mol. The third-order valence-electron chi connectivity index (χ3n) is 2.19. The maximum Gasteiger partial charge on any atom is 0.0780 e. The Bertz CT molecular complexity index is 96.3. The molecule has 1 fully saturated rings. The van der Waals surface area contributed by atoms with Crippen LogP contribution in [0.2, 0.25) is 0 Å². The summed E-state index contributed by atoms with van der Waals surface area (Å²) in [5, 5.41) is 9.76. The highest BCUT2D eigenvalue weighted by atomic mass is 32.1. The highest BCUT2D eigenvalue weighted by Crippen LogP contribution is 2.27. The van der Waals surface area contributed by atoms with Gasteiger partial charge in [-0.3, -0.25) is 4.72 Å². The van der Waals surface area contributed by atoms with Gasteiger partial charge in [0.2, 0.25) is 0 Å². The van der Waals surface area contributed by atoms with Gasteiger partial charge in [0.05, 0.1) is 5.60 Å². The van der Waals surface area contributed by atoms with E-state index in [9.17, 15) is 5.11 Å². The molecule has 0 aromatic heterocycles. The van der Waals surface area contributed by atoms with Crippen molar-refractivity contribution in [3.05, 3.63) is 0 Å². The SMILES string of the molecule is OC1(CNS)CCCCC1. The zero-order valence-corrected chi connectivity index (χ0v) is 7.03. The van der Waals surface area contributed by atoms with Crippen LogP contribution in [0.5, 0.6) is 0 Å². The molecule has 2 N–H and O–H groups in total. The maximum absolute atomic E-state index is 9.76. The summed E-state index contributed by atoms with van der Waals surface area (Å²) in [4.78, 5) is 0. The van der Waals surface area contributed by atoms with Crippen molar-refractivity contribution in [3.63, 3.8) is 0 Å². The summed E-state index contributed by atoms with van der Waals surface area (Å²) in [5.41, 5.74) is -0.458. The lowest BCUT2D eigenvalue weighted by Gasteiger charge is -2.31. The Morgan fingerprint density at radius 3 is 2.40 bits per heavy atom. The molecule has 1 rings (SSSR count). The molecule has 0 unspecified atom stereocenters. The van der Waals surface area contributed by atoms with Gasteiger partial charge in [-0.05, 0) is 12.8 Å². The molecule has 0 atom stereocenters. The number of thiol groups is 1. The Morgan fingerprint density at radius 1 is 1.30 bits per heavy atom. The van der Waals surface area contributed by atoms with Crippen molar-refractivity contribution in [1.82, 2.24) is 4.72 Å². The van der Waals surface area contributed by atoms with Crippen molar-refractivity contribution in [3.8, 4) is 0 Å². The number of aliphatic hydroxyl groups is 1. The first kappa shape index (κ1) is 8.37. The molecule has 10 heavy (non-hydrogen) atoms. The van der Waals surface area contributed by atoms with Gasteiger partial charge in [-0.1, -0.05) is 32.1 Å². The van der Waals surface area contributed by atoms with Crippen molar-refractivity contribution < 1.29 is 5.11 Å². The summed E-state index contributed by atoms with van der Waals surface area (Å²) in [6.45, 7) is 0.621. The van der Waals surface area contributed by atoms with Gasteiger partial charge in [-0.25, -0.2) is 0 Å². The number of hydrogen-bond donors (Lipinski definition) is 3. The standard InChI is InChI=1S/C7H15NOS/c9-7(6-8-10)4-2-1-3-5-7/h8-10H,1-6H2. The van der Waals surface area contributed by atoms with E-state index >= 15 is 0 Å². The van der Waals surface area contributed by atoms with Crippen LogP contribution in [0.15, 0.2) is 0 Å². The minimum atomic E-state index is -0.458. The fraction of sp³-hybridized carbons (Fsp3) is 1.00. The average Bonchev–Trinajstić information content (AvgIpc) is 1.89. The van der Waals surface area contributed by atoms with E-state index in [1.54, 1.807) is 0 Å². The molecule has 1 aliphatic rings. The highest BCUT2D eigenvalue weighted by molar-refractivity contribution is 7.78. The first-order valence-corrected chi connectivity index (χ1v) is 4.31. The van der Waals surface area contributed by atoms with E-state index in [-0.39, 0.29) is 0 Å². The van der Waals surface area contributed by atoms with Crippen LogP contribution in [0, 0.1) is 0 Å². The first-order chi connectivity index (χ1) is 4.77. The van der Waals surface area contributed by atoms with Gasteiger partial charge >= 0.3 is 0 Å². The van der Waals surface area contributed by atoms with Crippen LogP contribution >= 0.6 is 12.8 Å². The normalized spacial score (nSPS) is 24.6. The molecule has 0 aromatic carbocycles. The Balaban J connectivity index is 2.32. The second-order valence-corrected chi connectivity index (χ2v) is 3.44. The summed E-state index contributed by atoms with van der Waals surface area (Å²) < 4.78 is 2.72. The maximum atomic E-state index is 9.76. The van der Waals surface area contributed by atoms with Crippen molar-refractivity contribution in [1.29, 1.82) is 0 Å². The lowest BCUT2D eigenvalue weighted by molar-refractivity contribution is 0.0101. The van der Waals surface area contributed by atoms with Gasteiger partial charge in [0.15, 0.2) is 0 Å². The largest absolute Gasteiger partial charge is 0.389 e. The van der Waals surface area contributed by atoms with Crippen LogP contribution in [0.1, 0.15) is 32.1 Å². The van der Waals surface area contributed by atoms with Gasteiger partial charge in [-0.2, -0.15) is 0 Å². The van der Waals surface area contributed by atoms with Crippen LogP contribution < -0.4 is 4.72 Å². The minimum absolute atomic E-state index is 0.458. The molecule has 3 heteroatoms. The third-order valence-corrected chi connectivity index (χ3v) is 2.35. The summed E-state index contributed by atoms with van der Waals surface area (Å²) >= 11 is 3.87. The van der Waals surface area contributed by atoms with Crippen LogP contribution in [0.25, 0.3) is 0 Å². The summed E-state index contributed by atoms with van der Waals surface area (Å²) in [7, 11) is 0. The van der Waals surface area contributed by atoms with E-state index in [2.05, 4.69) is 17.5 Å². The Morgan fingerprint density at radius 2 is 1.90 bits per heavy atom. The zero-order chi connectivity index (χ0) is 7.45. The predicted octanol–water partition coefficient (Wildman–Crippen LogP) is 1.12. The third kappa shape index (κ3) is 2.15. The molecule has 0 spiro atoms. The van der Waals surface area contributed by atoms with E-state index in [1.165, 1.54) is 6.42 Å². The summed E-state index contributed by atoms with van der Waals surface area (Å²) in [5.74, 6) is 0. The van der Waals surface area contributed by atoms with E-state index in [1.807, 2.05) is 0 Å². The van der Waals surface area contributed by atoms with Gasteiger partial charge in [0, 0.05) is 6.54 Å². The van der Waals surface area contributed by atoms with Gasteiger partial charge in [0.25, 0.3) is 0 Å². The Kier molecular flexibility index (Phi) is 3.01. The summed E-state index contributed by atoms with van der Waals surface area (Å²) in [6, 6.07) is 0. The zero-order valence-electron chi connectivity index (χ0n) is 6.14. The lowest BCUT2D eigenvalue weighted by atomic mass is 9.85. The quantitative estimate of drug-likeness (QED) is 0.530. The van der Waals surface area contributed by atoms with Crippen molar-refractivity contribution in [2.75, 3.05) is 6.54 Å². The lowest BCUT2D eigenvalue weighted by Crippen LogP contribution is -2.39. The van der Waals surface area contributed by atoms with Crippen LogP contribution in [0.3, 0.4) is 0 Å². The monoisotopic (exact) mass is 161 g/mol. The van der Waals surface area contributed by atoms with Crippen molar-refractivity contribution >= 4 is 12.8 Å². The molecule has 0 aliphatic heterocycles. The number of hydrogen-bond acceptors (Lipinski definition) is 3. The van der Waals surface area contributed by atoms with Crippen molar-refractivity contribution in [2.45, 2.75) is 37.7 Å². The van der Waals surface area contributed by atoms with E-state index < -0.39 is 5.60 Å². The predicted molar refractivity (Wildman–Crippen MR) is 45.0 cm³/mol. The number of rotatable bonds is 2. The average molecular weight is 161 g/mol. The summed E-state index contributed by atoms with van der Waals surface area (Å²) in [6.07, 6.45) is 5.45. The molecule has 0 aromatic rings. The van der Waals surface area contributed by atoms with E-state index in [4.69, 9.17) is 0 Å². The Hall–Kier alpha value is 0.270. The fourth-order valence-electron chi connectivity index (χ4n) is 1.53. The molecule has 60 valence electrons. The molecule has 0 bridgehead atoms. The highest BCUT2D eigenvalue weighted by Gasteiger charge is 2.27. The fourth-order valence-corrected chi connectivity index (χ4v) is 1.83. The van der Waals surface area contributed by atoms with Crippen molar-refractivity contribution in [2.24, 2.45) is 0 Å². The van der Waals surface area contributed by atoms with E-state index in [0.29, 0.717) is 6.54 Å². The van der Waals surface area contributed by atoms with Crippen LogP contribution in [-0.4, -0.2) is 17.3 Å². The second-order valence-electron chi connectivity index (χ2n) is 3.12. The van der Waals surface area contributed by atoms with Crippen LogP contribution in [0.4, 0.5) is 0 Å². The van der Waals surface area contributed by atoms with Gasteiger partial charge in [0.1, 0.15) is 0 Å². The second kappa shape index (κ2) is 3.60. The van der Waals surface area contributed by atoms with Gasteiger partial charge < -0.3 is 5.11 Å². The molecular formula is C7H15NOS. The van der Waals surface area contributed by atoms with Crippen LogP contribution in [-0.2, 0) is 0 Å². The smallest absolute Gasteiger partial charge is 0.0780 e. The molecule has 0 amide bonds. The minimum Gasteiger partial charge on any atom is -0.389 e. The molecule has 1 saturated carbocycles. The molecule has 1 aliphatic carbocycles. The topological polar surface area (TPSA) is 32.3 Å². The Labute approximate surface area is 67.6 Å². The molecule has 0 saturated heterocycles. The van der Waals surface area contributed by atoms with Gasteiger partial charge in [-0.15, -0.1) is 0 Å².